The molecule has 0 unspecified atom stereocenters. The lowest BCUT2D eigenvalue weighted by molar-refractivity contribution is 0.410. The second-order valence-electron chi connectivity index (χ2n) is 3.38. The minimum Gasteiger partial charge on any atom is -0.496 e. The first kappa shape index (κ1) is 9.71. The van der Waals surface area contributed by atoms with Crippen LogP contribution in [0.1, 0.15) is 11.3 Å². The highest BCUT2D eigenvalue weighted by atomic mass is 16.5. The molecule has 15 heavy (non-hydrogen) atoms. The Balaban J connectivity index is 2.22. The predicted molar refractivity (Wildman–Crippen MR) is 56.9 cm³/mol. The Morgan fingerprint density at radius 1 is 1.47 bits per heavy atom. The lowest BCUT2D eigenvalue weighted by Gasteiger charge is -2.07. The normalized spacial score (nSPS) is 10.3. The monoisotopic (exact) mass is 203 g/mol. The van der Waals surface area contributed by atoms with Crippen molar-refractivity contribution in [2.75, 3.05) is 7.11 Å². The zero-order valence-electron chi connectivity index (χ0n) is 8.84. The van der Waals surface area contributed by atoms with Gasteiger partial charge in [-0.1, -0.05) is 0 Å². The summed E-state index contributed by atoms with van der Waals surface area (Å²) in [6.07, 6.45) is 7.26. The van der Waals surface area contributed by atoms with E-state index in [4.69, 9.17) is 4.74 Å². The van der Waals surface area contributed by atoms with E-state index in [2.05, 4.69) is 9.97 Å². The largest absolute Gasteiger partial charge is 0.496 e. The van der Waals surface area contributed by atoms with E-state index in [1.807, 2.05) is 30.0 Å². The molecular formula is C11H13N3O. The molecule has 0 saturated heterocycles. The van der Waals surface area contributed by atoms with Gasteiger partial charge < -0.3 is 9.30 Å². The van der Waals surface area contributed by atoms with Crippen molar-refractivity contribution in [1.29, 1.82) is 0 Å². The molecule has 0 N–H and O–H groups in total. The van der Waals surface area contributed by atoms with Crippen molar-refractivity contribution < 1.29 is 4.74 Å². The SMILES string of the molecule is COc1cc(Cn2ccnc2)ncc1C. The van der Waals surface area contributed by atoms with E-state index in [9.17, 15) is 0 Å². The van der Waals surface area contributed by atoms with Crippen molar-refractivity contribution in [2.24, 2.45) is 0 Å². The van der Waals surface area contributed by atoms with Crippen LogP contribution < -0.4 is 4.74 Å². The summed E-state index contributed by atoms with van der Waals surface area (Å²) in [6, 6.07) is 1.95. The third kappa shape index (κ3) is 2.15. The Kier molecular flexibility index (Phi) is 2.67. The van der Waals surface area contributed by atoms with Gasteiger partial charge in [-0.15, -0.1) is 0 Å². The van der Waals surface area contributed by atoms with Gasteiger partial charge in [0.05, 0.1) is 25.7 Å². The van der Waals surface area contributed by atoms with E-state index in [1.54, 1.807) is 19.6 Å². The predicted octanol–water partition coefficient (Wildman–Crippen LogP) is 1.64. The summed E-state index contributed by atoms with van der Waals surface area (Å²) in [5, 5.41) is 0. The van der Waals surface area contributed by atoms with Crippen molar-refractivity contribution in [3.63, 3.8) is 0 Å². The number of aromatic nitrogens is 3. The molecule has 0 radical (unpaired) electrons. The molecule has 2 rings (SSSR count). The standard InChI is InChI=1S/C11H13N3O/c1-9-6-13-10(5-11(9)15-2)7-14-4-3-12-8-14/h3-6,8H,7H2,1-2H3. The van der Waals surface area contributed by atoms with Gasteiger partial charge in [0.15, 0.2) is 0 Å². The van der Waals surface area contributed by atoms with Crippen molar-refractivity contribution in [1.82, 2.24) is 14.5 Å². The van der Waals surface area contributed by atoms with Gasteiger partial charge >= 0.3 is 0 Å². The zero-order chi connectivity index (χ0) is 10.7. The second-order valence-corrected chi connectivity index (χ2v) is 3.38. The van der Waals surface area contributed by atoms with Gasteiger partial charge in [0.2, 0.25) is 0 Å². The van der Waals surface area contributed by atoms with Crippen LogP contribution in [0, 0.1) is 6.92 Å². The van der Waals surface area contributed by atoms with E-state index < -0.39 is 0 Å². The molecule has 4 heteroatoms. The van der Waals surface area contributed by atoms with E-state index in [1.165, 1.54) is 0 Å². The maximum atomic E-state index is 5.24. The molecule has 0 aliphatic rings. The van der Waals surface area contributed by atoms with E-state index >= 15 is 0 Å². The first-order valence-electron chi connectivity index (χ1n) is 4.75. The molecule has 0 saturated carbocycles. The average Bonchev–Trinajstić information content (AvgIpc) is 2.73. The number of nitrogens with zero attached hydrogens (tertiary/aromatic N) is 3. The lowest BCUT2D eigenvalue weighted by atomic mass is 10.2. The Labute approximate surface area is 88.6 Å². The number of pyridine rings is 1. The fourth-order valence-corrected chi connectivity index (χ4v) is 1.42. The van der Waals surface area contributed by atoms with Gasteiger partial charge in [0.1, 0.15) is 5.75 Å². The highest BCUT2D eigenvalue weighted by Gasteiger charge is 2.02. The van der Waals surface area contributed by atoms with Gasteiger partial charge in [-0.05, 0) is 6.92 Å². The average molecular weight is 203 g/mol. The van der Waals surface area contributed by atoms with Crippen molar-refractivity contribution >= 4 is 0 Å². The van der Waals surface area contributed by atoms with Crippen LogP contribution >= 0.6 is 0 Å². The smallest absolute Gasteiger partial charge is 0.125 e. The highest BCUT2D eigenvalue weighted by Crippen LogP contribution is 2.17. The summed E-state index contributed by atoms with van der Waals surface area (Å²) in [7, 11) is 1.67. The molecule has 0 bridgehead atoms. The van der Waals surface area contributed by atoms with Crippen molar-refractivity contribution in [2.45, 2.75) is 13.5 Å². The number of rotatable bonds is 3. The molecule has 0 aromatic carbocycles. The quantitative estimate of drug-likeness (QED) is 0.761. The van der Waals surface area contributed by atoms with Crippen molar-refractivity contribution in [3.05, 3.63) is 42.2 Å². The molecule has 78 valence electrons. The van der Waals surface area contributed by atoms with Gasteiger partial charge in [0, 0.05) is 30.2 Å². The molecular weight excluding hydrogens is 190 g/mol. The first-order chi connectivity index (χ1) is 7.29. The topological polar surface area (TPSA) is 39.9 Å². The van der Waals surface area contributed by atoms with Gasteiger partial charge in [-0.2, -0.15) is 0 Å². The third-order valence-electron chi connectivity index (χ3n) is 2.23. The fourth-order valence-electron chi connectivity index (χ4n) is 1.42. The summed E-state index contributed by atoms with van der Waals surface area (Å²) >= 11 is 0. The number of hydrogen-bond acceptors (Lipinski definition) is 3. The molecule has 2 heterocycles. The van der Waals surface area contributed by atoms with Gasteiger partial charge in [0.25, 0.3) is 0 Å². The molecule has 0 atom stereocenters. The molecule has 4 nitrogen and oxygen atoms in total. The minimum absolute atomic E-state index is 0.719. The Hall–Kier alpha value is -1.84. The van der Waals surface area contributed by atoms with Crippen molar-refractivity contribution in [3.8, 4) is 5.75 Å². The highest BCUT2D eigenvalue weighted by molar-refractivity contribution is 5.31. The number of hydrogen-bond donors (Lipinski definition) is 0. The summed E-state index contributed by atoms with van der Waals surface area (Å²) in [5.41, 5.74) is 2.02. The lowest BCUT2D eigenvalue weighted by Crippen LogP contribution is -2.00. The van der Waals surface area contributed by atoms with Crippen LogP contribution in [0.4, 0.5) is 0 Å². The zero-order valence-corrected chi connectivity index (χ0v) is 8.84. The first-order valence-corrected chi connectivity index (χ1v) is 4.75. The maximum absolute atomic E-state index is 5.24. The molecule has 2 aromatic rings. The molecule has 0 spiro atoms. The van der Waals surface area contributed by atoms with Crippen LogP contribution in [-0.4, -0.2) is 21.6 Å². The second kappa shape index (κ2) is 4.13. The van der Waals surface area contributed by atoms with E-state index in [0.717, 1.165) is 23.6 Å². The van der Waals surface area contributed by atoms with Crippen LogP contribution in [0.15, 0.2) is 31.0 Å². The van der Waals surface area contributed by atoms with Crippen LogP contribution in [0.5, 0.6) is 5.75 Å². The summed E-state index contributed by atoms with van der Waals surface area (Å²) in [5.74, 6) is 0.875. The summed E-state index contributed by atoms with van der Waals surface area (Å²) < 4.78 is 7.21. The molecule has 0 aliphatic carbocycles. The number of methoxy groups -OCH3 is 1. The Bertz CT molecular complexity index is 437. The van der Waals surface area contributed by atoms with E-state index in [0.29, 0.717) is 0 Å². The number of ether oxygens (including phenoxy) is 1. The van der Waals surface area contributed by atoms with Crippen LogP contribution in [-0.2, 0) is 6.54 Å². The third-order valence-corrected chi connectivity index (χ3v) is 2.23. The summed E-state index contributed by atoms with van der Waals surface area (Å²) in [4.78, 5) is 8.32. The molecule has 2 aromatic heterocycles. The van der Waals surface area contributed by atoms with E-state index in [-0.39, 0.29) is 0 Å². The Morgan fingerprint density at radius 3 is 3.00 bits per heavy atom. The van der Waals surface area contributed by atoms with Gasteiger partial charge in [-0.25, -0.2) is 4.98 Å². The molecule has 0 aliphatic heterocycles. The van der Waals surface area contributed by atoms with Crippen LogP contribution in [0.2, 0.25) is 0 Å². The van der Waals surface area contributed by atoms with Crippen LogP contribution in [0.25, 0.3) is 0 Å². The van der Waals surface area contributed by atoms with Gasteiger partial charge in [-0.3, -0.25) is 4.98 Å². The molecule has 0 fully saturated rings. The fraction of sp³-hybridized carbons (Fsp3) is 0.273. The summed E-state index contributed by atoms with van der Waals surface area (Å²) in [6.45, 7) is 2.70. The Morgan fingerprint density at radius 2 is 2.33 bits per heavy atom. The number of imidazole rings is 1. The van der Waals surface area contributed by atoms with Crippen LogP contribution in [0.3, 0.4) is 0 Å². The molecule has 0 amide bonds. The maximum Gasteiger partial charge on any atom is 0.125 e. The minimum atomic E-state index is 0.719. The number of aryl methyl sites for hydroxylation is 1.